The number of hydrogen-bond donors (Lipinski definition) is 1. The number of hydrogen-bond acceptors (Lipinski definition) is 4. The van der Waals surface area contributed by atoms with E-state index in [9.17, 15) is 9.59 Å². The van der Waals surface area contributed by atoms with Crippen molar-refractivity contribution in [3.8, 4) is 0 Å². The SMILES string of the molecule is CCN1CCN(c2ccc(NC(=O)C3Cc4ccccc4CN3C(=O)CC(C)C)c(C)c2)CC1. The van der Waals surface area contributed by atoms with E-state index in [0.717, 1.165) is 55.1 Å². The van der Waals surface area contributed by atoms with Gasteiger partial charge in [-0.05, 0) is 54.3 Å². The molecule has 2 aromatic carbocycles. The number of amides is 2. The smallest absolute Gasteiger partial charge is 0.247 e. The molecule has 0 aromatic heterocycles. The molecule has 6 heteroatoms. The predicted molar refractivity (Wildman–Crippen MR) is 138 cm³/mol. The summed E-state index contributed by atoms with van der Waals surface area (Å²) in [5, 5.41) is 3.14. The van der Waals surface area contributed by atoms with Crippen LogP contribution in [0, 0.1) is 12.8 Å². The van der Waals surface area contributed by atoms with E-state index in [1.165, 1.54) is 5.69 Å². The molecule has 1 unspecified atom stereocenters. The molecule has 1 saturated heterocycles. The average molecular weight is 463 g/mol. The number of fused-ring (bicyclic) bond motifs is 1. The average Bonchev–Trinajstić information content (AvgIpc) is 2.84. The zero-order valence-corrected chi connectivity index (χ0v) is 21.0. The van der Waals surface area contributed by atoms with E-state index < -0.39 is 6.04 Å². The summed E-state index contributed by atoms with van der Waals surface area (Å²) in [5.41, 5.74) is 5.34. The van der Waals surface area contributed by atoms with Crippen LogP contribution in [0.5, 0.6) is 0 Å². The molecule has 2 aliphatic rings. The molecular formula is C28H38N4O2. The molecular weight excluding hydrogens is 424 g/mol. The van der Waals surface area contributed by atoms with Crippen molar-refractivity contribution in [2.45, 2.75) is 53.1 Å². The van der Waals surface area contributed by atoms with Crippen molar-refractivity contribution in [1.82, 2.24) is 9.80 Å². The molecule has 0 radical (unpaired) electrons. The quantitative estimate of drug-likeness (QED) is 0.703. The highest BCUT2D eigenvalue weighted by Crippen LogP contribution is 2.28. The van der Waals surface area contributed by atoms with Crippen molar-refractivity contribution >= 4 is 23.2 Å². The normalized spacial score (nSPS) is 18.7. The van der Waals surface area contributed by atoms with E-state index in [-0.39, 0.29) is 17.7 Å². The minimum Gasteiger partial charge on any atom is -0.369 e. The molecule has 1 N–H and O–H groups in total. The Morgan fingerprint density at radius 2 is 1.74 bits per heavy atom. The highest BCUT2D eigenvalue weighted by atomic mass is 16.2. The first-order valence-corrected chi connectivity index (χ1v) is 12.6. The van der Waals surface area contributed by atoms with Crippen molar-refractivity contribution in [2.75, 3.05) is 42.9 Å². The molecule has 2 heterocycles. The molecule has 4 rings (SSSR count). The number of carbonyl (C=O) groups is 2. The Kier molecular flexibility index (Phi) is 7.57. The van der Waals surface area contributed by atoms with Crippen molar-refractivity contribution in [3.05, 3.63) is 59.2 Å². The molecule has 6 nitrogen and oxygen atoms in total. The van der Waals surface area contributed by atoms with E-state index >= 15 is 0 Å². The second-order valence-corrected chi connectivity index (χ2v) is 10.0. The van der Waals surface area contributed by atoms with Gasteiger partial charge in [0.1, 0.15) is 6.04 Å². The van der Waals surface area contributed by atoms with Gasteiger partial charge in [-0.2, -0.15) is 0 Å². The van der Waals surface area contributed by atoms with E-state index in [4.69, 9.17) is 0 Å². The van der Waals surface area contributed by atoms with Crippen molar-refractivity contribution in [1.29, 1.82) is 0 Å². The number of nitrogens with zero attached hydrogens (tertiary/aromatic N) is 3. The maximum atomic E-state index is 13.5. The summed E-state index contributed by atoms with van der Waals surface area (Å²) < 4.78 is 0. The van der Waals surface area contributed by atoms with Gasteiger partial charge >= 0.3 is 0 Å². The first kappa shape index (κ1) is 24.3. The standard InChI is InChI=1S/C28H38N4O2/c1-5-30-12-14-31(15-13-30)24-10-11-25(21(4)17-24)29-28(34)26-18-22-8-6-7-9-23(22)19-32(26)27(33)16-20(2)3/h6-11,17,20,26H,5,12-16,18-19H2,1-4H3,(H,29,34). The maximum Gasteiger partial charge on any atom is 0.247 e. The predicted octanol–water partition coefficient (Wildman–Crippen LogP) is 4.08. The number of likely N-dealkylation sites (N-methyl/N-ethyl adjacent to an activating group) is 1. The third kappa shape index (κ3) is 5.44. The van der Waals surface area contributed by atoms with Crippen LogP contribution in [0.4, 0.5) is 11.4 Å². The summed E-state index contributed by atoms with van der Waals surface area (Å²) in [7, 11) is 0. The number of carbonyl (C=O) groups excluding carboxylic acids is 2. The third-order valence-electron chi connectivity index (χ3n) is 7.11. The van der Waals surface area contributed by atoms with Crippen molar-refractivity contribution < 1.29 is 9.59 Å². The van der Waals surface area contributed by atoms with Crippen LogP contribution >= 0.6 is 0 Å². The zero-order chi connectivity index (χ0) is 24.2. The lowest BCUT2D eigenvalue weighted by atomic mass is 9.92. The van der Waals surface area contributed by atoms with Crippen LogP contribution in [0.2, 0.25) is 0 Å². The van der Waals surface area contributed by atoms with Gasteiger partial charge in [0.05, 0.1) is 0 Å². The molecule has 0 saturated carbocycles. The molecule has 0 aliphatic carbocycles. The summed E-state index contributed by atoms with van der Waals surface area (Å²) in [5.74, 6) is 0.185. The molecule has 1 atom stereocenters. The number of piperazine rings is 1. The van der Waals surface area contributed by atoms with Gasteiger partial charge in [0.25, 0.3) is 0 Å². The monoisotopic (exact) mass is 462 g/mol. The zero-order valence-electron chi connectivity index (χ0n) is 21.0. The van der Waals surface area contributed by atoms with Crippen molar-refractivity contribution in [2.24, 2.45) is 5.92 Å². The molecule has 182 valence electrons. The fourth-order valence-corrected chi connectivity index (χ4v) is 5.01. The van der Waals surface area contributed by atoms with Crippen LogP contribution < -0.4 is 10.2 Å². The van der Waals surface area contributed by atoms with Crippen LogP contribution in [-0.2, 0) is 22.6 Å². The Hall–Kier alpha value is -2.86. The van der Waals surface area contributed by atoms with Gasteiger partial charge in [0, 0.05) is 56.9 Å². The lowest BCUT2D eigenvalue weighted by Gasteiger charge is -2.37. The van der Waals surface area contributed by atoms with Gasteiger partial charge in [0.15, 0.2) is 0 Å². The maximum absolute atomic E-state index is 13.5. The minimum absolute atomic E-state index is 0.0444. The highest BCUT2D eigenvalue weighted by molar-refractivity contribution is 5.98. The Labute approximate surface area is 203 Å². The Balaban J connectivity index is 1.49. The first-order valence-electron chi connectivity index (χ1n) is 12.6. The van der Waals surface area contributed by atoms with E-state index in [1.54, 1.807) is 4.90 Å². The van der Waals surface area contributed by atoms with Gasteiger partial charge in [-0.1, -0.05) is 45.0 Å². The summed E-state index contributed by atoms with van der Waals surface area (Å²) in [4.78, 5) is 33.2. The fourth-order valence-electron chi connectivity index (χ4n) is 5.01. The molecule has 2 aliphatic heterocycles. The van der Waals surface area contributed by atoms with Gasteiger partial charge in [-0.3, -0.25) is 9.59 Å². The van der Waals surface area contributed by atoms with E-state index in [0.29, 0.717) is 19.4 Å². The summed E-state index contributed by atoms with van der Waals surface area (Å²) in [6, 6.07) is 13.9. The van der Waals surface area contributed by atoms with Gasteiger partial charge in [-0.15, -0.1) is 0 Å². The lowest BCUT2D eigenvalue weighted by molar-refractivity contribution is -0.140. The second kappa shape index (κ2) is 10.6. The second-order valence-electron chi connectivity index (χ2n) is 10.0. The van der Waals surface area contributed by atoms with Crippen molar-refractivity contribution in [3.63, 3.8) is 0 Å². The largest absolute Gasteiger partial charge is 0.369 e. The number of nitrogens with one attached hydrogen (secondary N) is 1. The molecule has 34 heavy (non-hydrogen) atoms. The highest BCUT2D eigenvalue weighted by Gasteiger charge is 2.34. The number of benzene rings is 2. The van der Waals surface area contributed by atoms with Crippen LogP contribution in [-0.4, -0.2) is 60.4 Å². The van der Waals surface area contributed by atoms with Gasteiger partial charge in [-0.25, -0.2) is 0 Å². The number of aryl methyl sites for hydroxylation is 1. The number of rotatable bonds is 6. The fraction of sp³-hybridized carbons (Fsp3) is 0.500. The van der Waals surface area contributed by atoms with E-state index in [2.05, 4.69) is 46.3 Å². The Morgan fingerprint density at radius 3 is 2.38 bits per heavy atom. The molecule has 1 fully saturated rings. The lowest BCUT2D eigenvalue weighted by Crippen LogP contribution is -2.50. The van der Waals surface area contributed by atoms with Crippen LogP contribution in [0.25, 0.3) is 0 Å². The third-order valence-corrected chi connectivity index (χ3v) is 7.11. The molecule has 2 aromatic rings. The minimum atomic E-state index is -0.498. The van der Waals surface area contributed by atoms with Crippen LogP contribution in [0.15, 0.2) is 42.5 Å². The molecule has 2 amide bonds. The molecule has 0 bridgehead atoms. The Bertz CT molecular complexity index is 1030. The van der Waals surface area contributed by atoms with E-state index in [1.807, 2.05) is 39.0 Å². The van der Waals surface area contributed by atoms with Crippen LogP contribution in [0.1, 0.15) is 43.9 Å². The summed E-state index contributed by atoms with van der Waals surface area (Å²) in [6.45, 7) is 14.1. The number of anilines is 2. The van der Waals surface area contributed by atoms with Gasteiger partial charge in [0.2, 0.25) is 11.8 Å². The van der Waals surface area contributed by atoms with Crippen LogP contribution in [0.3, 0.4) is 0 Å². The summed E-state index contributed by atoms with van der Waals surface area (Å²) >= 11 is 0. The molecule has 0 spiro atoms. The topological polar surface area (TPSA) is 55.9 Å². The Morgan fingerprint density at radius 1 is 1.03 bits per heavy atom. The van der Waals surface area contributed by atoms with Gasteiger partial charge < -0.3 is 20.0 Å². The first-order chi connectivity index (χ1) is 16.4. The summed E-state index contributed by atoms with van der Waals surface area (Å²) in [6.07, 6.45) is 0.996.